The van der Waals surface area contributed by atoms with Gasteiger partial charge in [0.25, 0.3) is 5.88 Å². The average Bonchev–Trinajstić information content (AvgIpc) is 2.44. The Morgan fingerprint density at radius 2 is 2.00 bits per heavy atom. The molecule has 0 N–H and O–H groups in total. The molecule has 0 saturated carbocycles. The fourth-order valence-corrected chi connectivity index (χ4v) is 1.67. The number of hydrogen-bond acceptors (Lipinski definition) is 4. The number of aromatic nitrogens is 1. The fourth-order valence-electron chi connectivity index (χ4n) is 1.53. The minimum absolute atomic E-state index is 0.0831. The lowest BCUT2D eigenvalue weighted by atomic mass is 10.2. The van der Waals surface area contributed by atoms with Crippen molar-refractivity contribution in [3.8, 4) is 5.88 Å². The average molecular weight is 291 g/mol. The molecule has 0 aliphatic carbocycles. The maximum absolute atomic E-state index is 10.8. The molecule has 1 aromatic carbocycles. The number of nitro groups is 1. The van der Waals surface area contributed by atoms with Crippen LogP contribution in [0.4, 0.5) is 5.69 Å². The van der Waals surface area contributed by atoms with Gasteiger partial charge in [-0.2, -0.15) is 4.98 Å². The summed E-state index contributed by atoms with van der Waals surface area (Å²) in [5.41, 5.74) is 0.812. The predicted molar refractivity (Wildman–Crippen MR) is 76.9 cm³/mol. The Balaban J connectivity index is 2.02. The van der Waals surface area contributed by atoms with Crippen LogP contribution in [0.3, 0.4) is 0 Å². The number of hydrogen-bond donors (Lipinski definition) is 0. The lowest BCUT2D eigenvalue weighted by Crippen LogP contribution is -2.00. The summed E-state index contributed by atoms with van der Waals surface area (Å²) in [7, 11) is 0. The van der Waals surface area contributed by atoms with Crippen molar-refractivity contribution in [1.82, 2.24) is 4.98 Å². The van der Waals surface area contributed by atoms with E-state index in [1.165, 1.54) is 12.1 Å². The second-order valence-corrected chi connectivity index (χ2v) is 4.23. The molecule has 1 heterocycles. The van der Waals surface area contributed by atoms with Crippen molar-refractivity contribution in [2.75, 3.05) is 6.61 Å². The zero-order valence-electron chi connectivity index (χ0n) is 10.4. The van der Waals surface area contributed by atoms with E-state index < -0.39 is 4.92 Å². The van der Waals surface area contributed by atoms with E-state index in [1.807, 2.05) is 36.4 Å². The van der Waals surface area contributed by atoms with Crippen LogP contribution in [0.25, 0.3) is 6.08 Å². The molecule has 0 fully saturated rings. The molecular formula is C14H11ClN2O3. The summed E-state index contributed by atoms with van der Waals surface area (Å²) in [6.45, 7) is 0.170. The van der Waals surface area contributed by atoms with Crippen LogP contribution in [0.5, 0.6) is 5.88 Å². The third-order valence-corrected chi connectivity index (χ3v) is 2.64. The van der Waals surface area contributed by atoms with Gasteiger partial charge in [0.1, 0.15) is 11.8 Å². The highest BCUT2D eigenvalue weighted by molar-refractivity contribution is 6.29. The lowest BCUT2D eigenvalue weighted by Gasteiger charge is -2.03. The quantitative estimate of drug-likeness (QED) is 0.478. The van der Waals surface area contributed by atoms with Crippen molar-refractivity contribution < 1.29 is 9.66 Å². The van der Waals surface area contributed by atoms with Crippen LogP contribution in [0.2, 0.25) is 5.15 Å². The second-order valence-electron chi connectivity index (χ2n) is 3.84. The first-order valence-electron chi connectivity index (χ1n) is 5.82. The van der Waals surface area contributed by atoms with Gasteiger partial charge in [-0.1, -0.05) is 48.0 Å². The Bertz CT molecular complexity index is 630. The zero-order chi connectivity index (χ0) is 14.4. The second kappa shape index (κ2) is 6.68. The first-order chi connectivity index (χ1) is 9.66. The topological polar surface area (TPSA) is 65.3 Å². The van der Waals surface area contributed by atoms with Gasteiger partial charge < -0.3 is 4.74 Å². The van der Waals surface area contributed by atoms with Crippen molar-refractivity contribution in [2.24, 2.45) is 0 Å². The molecule has 0 aliphatic heterocycles. The van der Waals surface area contributed by atoms with Crippen LogP contribution >= 0.6 is 11.6 Å². The van der Waals surface area contributed by atoms with E-state index in [0.717, 1.165) is 5.56 Å². The number of nitrogens with zero attached hydrogens (tertiary/aromatic N) is 2. The smallest absolute Gasteiger partial charge is 0.331 e. The highest BCUT2D eigenvalue weighted by atomic mass is 35.5. The van der Waals surface area contributed by atoms with E-state index in [9.17, 15) is 10.1 Å². The molecule has 0 radical (unpaired) electrons. The Morgan fingerprint density at radius 1 is 1.25 bits per heavy atom. The molecule has 0 amide bonds. The first-order valence-corrected chi connectivity index (χ1v) is 6.20. The standard InChI is InChI=1S/C14H11ClN2O3/c15-13-9-8-12(17(18)19)14(16-13)20-10-4-7-11-5-2-1-3-6-11/h1-9H,10H2/b7-4+. The van der Waals surface area contributed by atoms with Crippen LogP contribution < -0.4 is 4.74 Å². The highest BCUT2D eigenvalue weighted by Crippen LogP contribution is 2.26. The van der Waals surface area contributed by atoms with Crippen molar-refractivity contribution in [1.29, 1.82) is 0 Å². The molecule has 6 heteroatoms. The van der Waals surface area contributed by atoms with Crippen molar-refractivity contribution >= 4 is 23.4 Å². The molecular weight excluding hydrogens is 280 g/mol. The molecule has 1 aromatic heterocycles. The van der Waals surface area contributed by atoms with Crippen molar-refractivity contribution in [2.45, 2.75) is 0 Å². The molecule has 2 rings (SSSR count). The summed E-state index contributed by atoms with van der Waals surface area (Å²) in [6.07, 6.45) is 3.61. The molecule has 0 bridgehead atoms. The number of rotatable bonds is 5. The normalized spacial score (nSPS) is 10.7. The van der Waals surface area contributed by atoms with Crippen LogP contribution in [-0.2, 0) is 0 Å². The Morgan fingerprint density at radius 3 is 2.70 bits per heavy atom. The van der Waals surface area contributed by atoms with Gasteiger partial charge in [0.15, 0.2) is 0 Å². The predicted octanol–water partition coefficient (Wildman–Crippen LogP) is 3.74. The van der Waals surface area contributed by atoms with E-state index in [1.54, 1.807) is 6.08 Å². The number of benzene rings is 1. The van der Waals surface area contributed by atoms with E-state index in [-0.39, 0.29) is 23.3 Å². The van der Waals surface area contributed by atoms with Gasteiger partial charge in [-0.15, -0.1) is 0 Å². The van der Waals surface area contributed by atoms with Gasteiger partial charge in [0.2, 0.25) is 0 Å². The van der Waals surface area contributed by atoms with Crippen molar-refractivity contribution in [3.05, 3.63) is 69.4 Å². The van der Waals surface area contributed by atoms with Gasteiger partial charge in [-0.05, 0) is 17.7 Å². The number of ether oxygens (including phenoxy) is 1. The summed E-state index contributed by atoms with van der Waals surface area (Å²) in [5, 5.41) is 11.0. The largest absolute Gasteiger partial charge is 0.469 e. The third kappa shape index (κ3) is 3.80. The Kier molecular flexibility index (Phi) is 4.68. The number of halogens is 1. The molecule has 20 heavy (non-hydrogen) atoms. The molecule has 0 saturated heterocycles. The van der Waals surface area contributed by atoms with E-state index in [0.29, 0.717) is 0 Å². The maximum atomic E-state index is 10.8. The molecule has 0 spiro atoms. The molecule has 102 valence electrons. The SMILES string of the molecule is O=[N+]([O-])c1ccc(Cl)nc1OC/C=C/c1ccccc1. The molecule has 2 aromatic rings. The van der Waals surface area contributed by atoms with E-state index >= 15 is 0 Å². The maximum Gasteiger partial charge on any atom is 0.331 e. The van der Waals surface area contributed by atoms with Gasteiger partial charge in [0.05, 0.1) is 4.92 Å². The van der Waals surface area contributed by atoms with Gasteiger partial charge >= 0.3 is 5.69 Å². The Labute approximate surface area is 120 Å². The first kappa shape index (κ1) is 14.0. The van der Waals surface area contributed by atoms with E-state index in [4.69, 9.17) is 16.3 Å². The highest BCUT2D eigenvalue weighted by Gasteiger charge is 2.16. The minimum Gasteiger partial charge on any atom is -0.469 e. The summed E-state index contributed by atoms with van der Waals surface area (Å²) in [6, 6.07) is 12.3. The van der Waals surface area contributed by atoms with Gasteiger partial charge in [-0.3, -0.25) is 10.1 Å². The van der Waals surface area contributed by atoms with Crippen LogP contribution in [0.15, 0.2) is 48.5 Å². The molecule has 0 atom stereocenters. The fraction of sp³-hybridized carbons (Fsp3) is 0.0714. The summed E-state index contributed by atoms with van der Waals surface area (Å²) >= 11 is 5.70. The Hall–Kier alpha value is -2.40. The van der Waals surface area contributed by atoms with Crippen LogP contribution in [-0.4, -0.2) is 16.5 Å². The summed E-state index contributed by atoms with van der Waals surface area (Å²) < 4.78 is 5.28. The monoisotopic (exact) mass is 290 g/mol. The van der Waals surface area contributed by atoms with Crippen LogP contribution in [0, 0.1) is 10.1 Å². The van der Waals surface area contributed by atoms with Crippen LogP contribution in [0.1, 0.15) is 5.56 Å². The zero-order valence-corrected chi connectivity index (χ0v) is 11.2. The van der Waals surface area contributed by atoms with Gasteiger partial charge in [0, 0.05) is 6.07 Å². The molecule has 0 unspecified atom stereocenters. The van der Waals surface area contributed by atoms with Crippen molar-refractivity contribution in [3.63, 3.8) is 0 Å². The molecule has 0 aliphatic rings. The lowest BCUT2D eigenvalue weighted by molar-refractivity contribution is -0.386. The minimum atomic E-state index is -0.556. The summed E-state index contributed by atoms with van der Waals surface area (Å²) in [4.78, 5) is 14.1. The molecule has 5 nitrogen and oxygen atoms in total. The van der Waals surface area contributed by atoms with E-state index in [2.05, 4.69) is 4.98 Å². The van der Waals surface area contributed by atoms with Gasteiger partial charge in [-0.25, -0.2) is 0 Å². The third-order valence-electron chi connectivity index (χ3n) is 2.43. The summed E-state index contributed by atoms with van der Waals surface area (Å²) in [5.74, 6) is -0.0831. The number of pyridine rings is 1.